The maximum absolute atomic E-state index is 10.7. The highest BCUT2D eigenvalue weighted by molar-refractivity contribution is 5.77. The lowest BCUT2D eigenvalue weighted by atomic mass is 9.76. The van der Waals surface area contributed by atoms with Gasteiger partial charge in [-0.1, -0.05) is 6.42 Å². The fraction of sp³-hybridized carbons (Fsp3) is 0.938. The van der Waals surface area contributed by atoms with Gasteiger partial charge in [0.1, 0.15) is 0 Å². The smallest absolute Gasteiger partial charge is 0.188 e. The summed E-state index contributed by atoms with van der Waals surface area (Å²) in [6.07, 6.45) is 7.88. The Labute approximate surface area is 127 Å². The van der Waals surface area contributed by atoms with Gasteiger partial charge in [0, 0.05) is 37.6 Å². The predicted molar refractivity (Wildman–Crippen MR) is 83.0 cm³/mol. The molecule has 3 rings (SSSR count). The van der Waals surface area contributed by atoms with Crippen LogP contribution >= 0.6 is 0 Å². The second-order valence-corrected chi connectivity index (χ2v) is 7.12. The molecule has 3 fully saturated rings. The molecular formula is C16H29N3O2. The summed E-state index contributed by atoms with van der Waals surface area (Å²) in [5.41, 5.74) is 6.03. The normalized spacial score (nSPS) is 33.1. The standard InChI is InChI=1S/C16H29N3O2/c17-15(18-10-12-2-1-3-12)19-11-13-4-5-16(14(13)20)6-8-21-9-7-16/h12-14,20H,1-11H2,(H3,17,18,19). The fourth-order valence-corrected chi connectivity index (χ4v) is 4.01. The minimum atomic E-state index is -0.228. The van der Waals surface area contributed by atoms with Gasteiger partial charge in [0.15, 0.2) is 5.96 Å². The molecule has 0 aromatic heterocycles. The summed E-state index contributed by atoms with van der Waals surface area (Å²) in [7, 11) is 0. The lowest BCUT2D eigenvalue weighted by molar-refractivity contribution is -0.0553. The summed E-state index contributed by atoms with van der Waals surface area (Å²) in [6, 6.07) is 0. The molecule has 0 radical (unpaired) electrons. The quantitative estimate of drug-likeness (QED) is 0.539. The molecule has 4 N–H and O–H groups in total. The summed E-state index contributed by atoms with van der Waals surface area (Å²) in [6.45, 7) is 3.18. The largest absolute Gasteiger partial charge is 0.392 e. The van der Waals surface area contributed by atoms with E-state index in [9.17, 15) is 5.11 Å². The van der Waals surface area contributed by atoms with E-state index >= 15 is 0 Å². The number of nitrogens with one attached hydrogen (secondary N) is 1. The first kappa shape index (κ1) is 15.1. The highest BCUT2D eigenvalue weighted by Gasteiger charge is 2.47. The zero-order valence-corrected chi connectivity index (χ0v) is 12.9. The van der Waals surface area contributed by atoms with Crippen LogP contribution < -0.4 is 11.1 Å². The van der Waals surface area contributed by atoms with E-state index in [1.54, 1.807) is 0 Å². The minimum Gasteiger partial charge on any atom is -0.392 e. The Morgan fingerprint density at radius 3 is 2.67 bits per heavy atom. The van der Waals surface area contributed by atoms with Crippen molar-refractivity contribution >= 4 is 5.96 Å². The maximum atomic E-state index is 10.7. The van der Waals surface area contributed by atoms with E-state index in [1.807, 2.05) is 0 Å². The molecular weight excluding hydrogens is 266 g/mol. The zero-order chi connectivity index (χ0) is 14.7. The van der Waals surface area contributed by atoms with Crippen molar-refractivity contribution in [2.24, 2.45) is 28.0 Å². The third-order valence-corrected chi connectivity index (χ3v) is 5.87. The maximum Gasteiger partial charge on any atom is 0.188 e. The van der Waals surface area contributed by atoms with Gasteiger partial charge in [-0.3, -0.25) is 4.99 Å². The van der Waals surface area contributed by atoms with Crippen LogP contribution in [-0.2, 0) is 4.74 Å². The highest BCUT2D eigenvalue weighted by Crippen LogP contribution is 2.48. The van der Waals surface area contributed by atoms with Crippen LogP contribution in [0.25, 0.3) is 0 Å². The number of nitrogens with zero attached hydrogens (tertiary/aromatic N) is 1. The van der Waals surface area contributed by atoms with E-state index in [1.165, 1.54) is 19.3 Å². The van der Waals surface area contributed by atoms with E-state index in [0.29, 0.717) is 11.9 Å². The minimum absolute atomic E-state index is 0.0996. The molecule has 0 bridgehead atoms. The van der Waals surface area contributed by atoms with Crippen molar-refractivity contribution in [2.75, 3.05) is 26.3 Å². The lowest BCUT2D eigenvalue weighted by Gasteiger charge is -2.37. The Balaban J connectivity index is 1.44. The van der Waals surface area contributed by atoms with Crippen LogP contribution in [0, 0.1) is 17.3 Å². The highest BCUT2D eigenvalue weighted by atomic mass is 16.5. The van der Waals surface area contributed by atoms with Crippen LogP contribution in [0.2, 0.25) is 0 Å². The number of hydrogen-bond donors (Lipinski definition) is 3. The topological polar surface area (TPSA) is 79.9 Å². The predicted octanol–water partition coefficient (Wildman–Crippen LogP) is 1.26. The average Bonchev–Trinajstić information content (AvgIpc) is 2.73. The Morgan fingerprint density at radius 2 is 2.00 bits per heavy atom. The van der Waals surface area contributed by atoms with E-state index < -0.39 is 0 Å². The first-order valence-corrected chi connectivity index (χ1v) is 8.49. The van der Waals surface area contributed by atoms with Crippen molar-refractivity contribution in [2.45, 2.75) is 51.0 Å². The van der Waals surface area contributed by atoms with Crippen molar-refractivity contribution < 1.29 is 9.84 Å². The third-order valence-electron chi connectivity index (χ3n) is 5.87. The molecule has 2 saturated carbocycles. The molecule has 21 heavy (non-hydrogen) atoms. The molecule has 0 aromatic carbocycles. The van der Waals surface area contributed by atoms with E-state index in [-0.39, 0.29) is 11.5 Å². The van der Waals surface area contributed by atoms with Gasteiger partial charge in [0.2, 0.25) is 0 Å². The third kappa shape index (κ3) is 3.34. The molecule has 2 atom stereocenters. The number of aliphatic hydroxyl groups is 1. The summed E-state index contributed by atoms with van der Waals surface area (Å²) < 4.78 is 5.44. The van der Waals surface area contributed by atoms with Gasteiger partial charge >= 0.3 is 0 Å². The first-order valence-electron chi connectivity index (χ1n) is 8.49. The molecule has 5 heteroatoms. The molecule has 1 aliphatic heterocycles. The Morgan fingerprint density at radius 1 is 1.24 bits per heavy atom. The van der Waals surface area contributed by atoms with Gasteiger partial charge in [-0.2, -0.15) is 0 Å². The van der Waals surface area contributed by atoms with Crippen molar-refractivity contribution in [3.05, 3.63) is 0 Å². The van der Waals surface area contributed by atoms with Crippen LogP contribution in [-0.4, -0.2) is 43.5 Å². The zero-order valence-electron chi connectivity index (χ0n) is 12.9. The Kier molecular flexibility index (Phi) is 4.69. The summed E-state index contributed by atoms with van der Waals surface area (Å²) in [4.78, 5) is 4.42. The van der Waals surface area contributed by atoms with E-state index in [0.717, 1.165) is 57.9 Å². The number of aliphatic hydroxyl groups excluding tert-OH is 1. The number of hydrogen-bond acceptors (Lipinski definition) is 3. The summed E-state index contributed by atoms with van der Waals surface area (Å²) >= 11 is 0. The van der Waals surface area contributed by atoms with Crippen molar-refractivity contribution in [1.29, 1.82) is 0 Å². The summed E-state index contributed by atoms with van der Waals surface area (Å²) in [5.74, 6) is 1.58. The van der Waals surface area contributed by atoms with Gasteiger partial charge in [-0.15, -0.1) is 0 Å². The monoisotopic (exact) mass is 295 g/mol. The van der Waals surface area contributed by atoms with Gasteiger partial charge < -0.3 is 20.9 Å². The van der Waals surface area contributed by atoms with Gasteiger partial charge in [-0.05, 0) is 44.4 Å². The van der Waals surface area contributed by atoms with Crippen LogP contribution in [0.5, 0.6) is 0 Å². The molecule has 1 saturated heterocycles. The Bertz CT molecular complexity index is 376. The van der Waals surface area contributed by atoms with Crippen molar-refractivity contribution in [1.82, 2.24) is 5.32 Å². The van der Waals surface area contributed by atoms with Crippen molar-refractivity contribution in [3.63, 3.8) is 0 Å². The molecule has 120 valence electrons. The van der Waals surface area contributed by atoms with E-state index in [4.69, 9.17) is 10.5 Å². The van der Waals surface area contributed by atoms with Gasteiger partial charge in [-0.25, -0.2) is 0 Å². The van der Waals surface area contributed by atoms with Crippen LogP contribution in [0.15, 0.2) is 4.99 Å². The van der Waals surface area contributed by atoms with Crippen LogP contribution in [0.1, 0.15) is 44.9 Å². The number of ether oxygens (including phenoxy) is 1. The lowest BCUT2D eigenvalue weighted by Crippen LogP contribution is -2.43. The first-order chi connectivity index (χ1) is 10.2. The molecule has 2 unspecified atom stereocenters. The fourth-order valence-electron chi connectivity index (χ4n) is 4.01. The SMILES string of the molecule is NC(=NCC1CCC1)NCC1CCC2(CCOCC2)C1O. The van der Waals surface area contributed by atoms with Crippen LogP contribution in [0.3, 0.4) is 0 Å². The number of guanidine groups is 1. The van der Waals surface area contributed by atoms with Gasteiger partial charge in [0.05, 0.1) is 6.10 Å². The molecule has 3 aliphatic rings. The molecule has 0 aromatic rings. The Hall–Kier alpha value is -0.810. The van der Waals surface area contributed by atoms with Crippen molar-refractivity contribution in [3.8, 4) is 0 Å². The number of rotatable bonds is 4. The second-order valence-electron chi connectivity index (χ2n) is 7.12. The number of aliphatic imine (C=N–C) groups is 1. The van der Waals surface area contributed by atoms with E-state index in [2.05, 4.69) is 10.3 Å². The van der Waals surface area contributed by atoms with Gasteiger partial charge in [0.25, 0.3) is 0 Å². The molecule has 0 amide bonds. The molecule has 5 nitrogen and oxygen atoms in total. The number of nitrogens with two attached hydrogens (primary N) is 1. The molecule has 2 aliphatic carbocycles. The second kappa shape index (κ2) is 6.53. The molecule has 1 spiro atoms. The summed E-state index contributed by atoms with van der Waals surface area (Å²) in [5, 5.41) is 13.9. The molecule has 1 heterocycles. The van der Waals surface area contributed by atoms with Crippen LogP contribution in [0.4, 0.5) is 0 Å². The average molecular weight is 295 g/mol.